The van der Waals surface area contributed by atoms with Crippen molar-refractivity contribution in [2.24, 2.45) is 0 Å². The first-order chi connectivity index (χ1) is 10.0. The summed E-state index contributed by atoms with van der Waals surface area (Å²) in [7, 11) is 0. The first-order valence-corrected chi connectivity index (χ1v) is 7.52. The molecule has 0 amide bonds. The van der Waals surface area contributed by atoms with Crippen LogP contribution in [0.25, 0.3) is 10.9 Å². The van der Waals surface area contributed by atoms with Gasteiger partial charge in [0.25, 0.3) is 0 Å². The predicted molar refractivity (Wildman–Crippen MR) is 93.1 cm³/mol. The SMILES string of the molecule is Cc1ccc(C)c(Nc2c(N)cnc3ccc(Br)cc23)c1. The number of nitrogen functional groups attached to an aromatic ring is 1. The number of aromatic nitrogens is 1. The molecule has 0 aliphatic rings. The van der Waals surface area contributed by atoms with E-state index in [1.165, 1.54) is 11.1 Å². The summed E-state index contributed by atoms with van der Waals surface area (Å²) in [4.78, 5) is 4.38. The van der Waals surface area contributed by atoms with Gasteiger partial charge in [-0.1, -0.05) is 28.1 Å². The van der Waals surface area contributed by atoms with Gasteiger partial charge in [0.1, 0.15) is 0 Å². The molecule has 0 aliphatic carbocycles. The molecule has 21 heavy (non-hydrogen) atoms. The van der Waals surface area contributed by atoms with Crippen LogP contribution in [0.2, 0.25) is 0 Å². The number of fused-ring (bicyclic) bond motifs is 1. The molecule has 3 nitrogen and oxygen atoms in total. The number of anilines is 3. The van der Waals surface area contributed by atoms with E-state index in [1.54, 1.807) is 6.20 Å². The van der Waals surface area contributed by atoms with Gasteiger partial charge in [-0.15, -0.1) is 0 Å². The van der Waals surface area contributed by atoms with Gasteiger partial charge in [0, 0.05) is 15.5 Å². The molecule has 3 rings (SSSR count). The third-order valence-corrected chi connectivity index (χ3v) is 4.01. The maximum Gasteiger partial charge on any atom is 0.0746 e. The number of rotatable bonds is 2. The van der Waals surface area contributed by atoms with E-state index in [-0.39, 0.29) is 0 Å². The second-order valence-electron chi connectivity index (χ2n) is 5.19. The van der Waals surface area contributed by atoms with Gasteiger partial charge in [0.05, 0.1) is 23.1 Å². The van der Waals surface area contributed by atoms with Gasteiger partial charge in [0.2, 0.25) is 0 Å². The van der Waals surface area contributed by atoms with Crippen molar-refractivity contribution in [3.63, 3.8) is 0 Å². The molecule has 0 radical (unpaired) electrons. The third kappa shape index (κ3) is 2.72. The Labute approximate surface area is 132 Å². The highest BCUT2D eigenvalue weighted by Crippen LogP contribution is 2.33. The Balaban J connectivity index is 2.17. The molecule has 0 spiro atoms. The van der Waals surface area contributed by atoms with Crippen LogP contribution in [0.1, 0.15) is 11.1 Å². The van der Waals surface area contributed by atoms with Gasteiger partial charge in [-0.05, 0) is 49.2 Å². The van der Waals surface area contributed by atoms with E-state index in [0.29, 0.717) is 5.69 Å². The van der Waals surface area contributed by atoms with E-state index in [4.69, 9.17) is 5.73 Å². The average molecular weight is 342 g/mol. The van der Waals surface area contributed by atoms with Crippen LogP contribution in [-0.2, 0) is 0 Å². The molecular formula is C17H16BrN3. The van der Waals surface area contributed by atoms with Crippen LogP contribution in [0.5, 0.6) is 0 Å². The molecule has 4 heteroatoms. The van der Waals surface area contributed by atoms with Crippen molar-refractivity contribution in [2.45, 2.75) is 13.8 Å². The van der Waals surface area contributed by atoms with Crippen molar-refractivity contribution >= 4 is 43.9 Å². The van der Waals surface area contributed by atoms with Gasteiger partial charge in [-0.3, -0.25) is 4.98 Å². The first-order valence-electron chi connectivity index (χ1n) is 6.72. The number of halogens is 1. The number of nitrogens with one attached hydrogen (secondary N) is 1. The van der Waals surface area contributed by atoms with Crippen LogP contribution in [0, 0.1) is 13.8 Å². The maximum absolute atomic E-state index is 6.13. The highest BCUT2D eigenvalue weighted by atomic mass is 79.9. The van der Waals surface area contributed by atoms with E-state index < -0.39 is 0 Å². The minimum Gasteiger partial charge on any atom is -0.396 e. The zero-order chi connectivity index (χ0) is 15.0. The van der Waals surface area contributed by atoms with E-state index in [1.807, 2.05) is 18.2 Å². The summed E-state index contributed by atoms with van der Waals surface area (Å²) in [6.07, 6.45) is 1.70. The summed E-state index contributed by atoms with van der Waals surface area (Å²) < 4.78 is 1.01. The molecule has 0 unspecified atom stereocenters. The monoisotopic (exact) mass is 341 g/mol. The largest absolute Gasteiger partial charge is 0.396 e. The summed E-state index contributed by atoms with van der Waals surface area (Å²) in [5.41, 5.74) is 12.0. The van der Waals surface area contributed by atoms with Crippen LogP contribution in [0.15, 0.2) is 47.1 Å². The van der Waals surface area contributed by atoms with Crippen molar-refractivity contribution in [1.29, 1.82) is 0 Å². The molecule has 3 aromatic rings. The lowest BCUT2D eigenvalue weighted by Gasteiger charge is -2.15. The molecule has 0 aliphatic heterocycles. The van der Waals surface area contributed by atoms with Crippen LogP contribution in [0.4, 0.5) is 17.1 Å². The minimum atomic E-state index is 0.640. The molecule has 0 saturated heterocycles. The quantitative estimate of drug-likeness (QED) is 0.693. The Morgan fingerprint density at radius 1 is 1.10 bits per heavy atom. The normalized spacial score (nSPS) is 10.8. The fourth-order valence-corrected chi connectivity index (χ4v) is 2.69. The molecular weight excluding hydrogens is 326 g/mol. The number of benzene rings is 2. The van der Waals surface area contributed by atoms with Gasteiger partial charge >= 0.3 is 0 Å². The van der Waals surface area contributed by atoms with Crippen molar-refractivity contribution in [2.75, 3.05) is 11.1 Å². The Morgan fingerprint density at radius 3 is 2.71 bits per heavy atom. The highest BCUT2D eigenvalue weighted by Gasteiger charge is 2.09. The lowest BCUT2D eigenvalue weighted by atomic mass is 10.1. The van der Waals surface area contributed by atoms with Crippen LogP contribution < -0.4 is 11.1 Å². The smallest absolute Gasteiger partial charge is 0.0746 e. The maximum atomic E-state index is 6.13. The molecule has 106 valence electrons. The lowest BCUT2D eigenvalue weighted by molar-refractivity contribution is 1.36. The van der Waals surface area contributed by atoms with Crippen LogP contribution in [-0.4, -0.2) is 4.98 Å². The summed E-state index contributed by atoms with van der Waals surface area (Å²) in [5.74, 6) is 0. The lowest BCUT2D eigenvalue weighted by Crippen LogP contribution is -2.00. The Morgan fingerprint density at radius 2 is 1.90 bits per heavy atom. The Kier molecular flexibility index (Phi) is 3.55. The van der Waals surface area contributed by atoms with Crippen LogP contribution in [0.3, 0.4) is 0 Å². The highest BCUT2D eigenvalue weighted by molar-refractivity contribution is 9.10. The fraction of sp³-hybridized carbons (Fsp3) is 0.118. The number of hydrogen-bond donors (Lipinski definition) is 2. The van der Waals surface area contributed by atoms with Gasteiger partial charge < -0.3 is 11.1 Å². The summed E-state index contributed by atoms with van der Waals surface area (Å²) in [5, 5.41) is 4.47. The van der Waals surface area contributed by atoms with E-state index in [0.717, 1.165) is 26.8 Å². The molecule has 1 aromatic heterocycles. The standard InChI is InChI=1S/C17H16BrN3/c1-10-3-4-11(2)16(7-10)21-17-13-8-12(18)5-6-15(13)20-9-14(17)19/h3-9H,19H2,1-2H3,(H,20,21). The number of pyridine rings is 1. The molecule has 0 atom stereocenters. The third-order valence-electron chi connectivity index (χ3n) is 3.51. The zero-order valence-corrected chi connectivity index (χ0v) is 13.5. The first kappa shape index (κ1) is 13.9. The predicted octanol–water partition coefficient (Wildman–Crippen LogP) is 4.94. The molecule has 2 aromatic carbocycles. The number of nitrogens with two attached hydrogens (primary N) is 1. The Hall–Kier alpha value is -2.07. The van der Waals surface area contributed by atoms with Crippen LogP contribution >= 0.6 is 15.9 Å². The molecule has 0 saturated carbocycles. The number of aryl methyl sites for hydroxylation is 2. The Bertz CT molecular complexity index is 822. The fourth-order valence-electron chi connectivity index (χ4n) is 2.32. The summed E-state index contributed by atoms with van der Waals surface area (Å²) in [6.45, 7) is 4.16. The molecule has 0 bridgehead atoms. The summed E-state index contributed by atoms with van der Waals surface area (Å²) in [6, 6.07) is 12.3. The minimum absolute atomic E-state index is 0.640. The van der Waals surface area contributed by atoms with Crippen molar-refractivity contribution in [3.05, 3.63) is 58.2 Å². The second-order valence-corrected chi connectivity index (χ2v) is 6.11. The number of hydrogen-bond acceptors (Lipinski definition) is 3. The number of nitrogens with zero attached hydrogens (tertiary/aromatic N) is 1. The van der Waals surface area contributed by atoms with Gasteiger partial charge in [0.15, 0.2) is 0 Å². The van der Waals surface area contributed by atoms with Crippen molar-refractivity contribution < 1.29 is 0 Å². The molecule has 1 heterocycles. The van der Waals surface area contributed by atoms with Crippen molar-refractivity contribution in [1.82, 2.24) is 4.98 Å². The van der Waals surface area contributed by atoms with E-state index in [9.17, 15) is 0 Å². The van der Waals surface area contributed by atoms with Crippen molar-refractivity contribution in [3.8, 4) is 0 Å². The van der Waals surface area contributed by atoms with E-state index in [2.05, 4.69) is 58.3 Å². The zero-order valence-electron chi connectivity index (χ0n) is 11.9. The van der Waals surface area contributed by atoms with Gasteiger partial charge in [-0.2, -0.15) is 0 Å². The average Bonchev–Trinajstić information content (AvgIpc) is 2.46. The molecule has 0 fully saturated rings. The second kappa shape index (κ2) is 5.37. The summed E-state index contributed by atoms with van der Waals surface area (Å²) >= 11 is 3.51. The van der Waals surface area contributed by atoms with Gasteiger partial charge in [-0.25, -0.2) is 0 Å². The topological polar surface area (TPSA) is 50.9 Å². The van der Waals surface area contributed by atoms with E-state index >= 15 is 0 Å². The molecule has 3 N–H and O–H groups in total.